The topological polar surface area (TPSA) is 29.5 Å². The molecular formula is C22H18O2. The highest BCUT2D eigenvalue weighted by atomic mass is 16.5. The van der Waals surface area contributed by atoms with E-state index in [-0.39, 0.29) is 0 Å². The molecule has 0 aliphatic heterocycles. The quantitative estimate of drug-likeness (QED) is 0.556. The lowest BCUT2D eigenvalue weighted by Gasteiger charge is -2.12. The Morgan fingerprint density at radius 1 is 0.667 bits per heavy atom. The van der Waals surface area contributed by atoms with Gasteiger partial charge in [-0.05, 0) is 40.5 Å². The van der Waals surface area contributed by atoms with E-state index >= 15 is 0 Å². The lowest BCUT2D eigenvalue weighted by molar-refractivity contribution is 0.419. The number of rotatable bonds is 3. The third-order valence-electron chi connectivity index (χ3n) is 4.57. The summed E-state index contributed by atoms with van der Waals surface area (Å²) in [6.45, 7) is 0. The fourth-order valence-electron chi connectivity index (χ4n) is 3.37. The van der Waals surface area contributed by atoms with Crippen LogP contribution in [0.15, 0.2) is 72.8 Å². The zero-order valence-corrected chi connectivity index (χ0v) is 13.5. The molecule has 0 aliphatic rings. The monoisotopic (exact) mass is 314 g/mol. The lowest BCUT2D eigenvalue weighted by Crippen LogP contribution is -1.93. The van der Waals surface area contributed by atoms with Gasteiger partial charge in [-0.3, -0.25) is 0 Å². The minimum Gasteiger partial charge on any atom is -0.507 e. The van der Waals surface area contributed by atoms with Gasteiger partial charge in [0.15, 0.2) is 0 Å². The van der Waals surface area contributed by atoms with E-state index < -0.39 is 0 Å². The molecule has 1 N–H and O–H groups in total. The molecule has 0 atom stereocenters. The Morgan fingerprint density at radius 2 is 1.21 bits per heavy atom. The van der Waals surface area contributed by atoms with E-state index in [1.807, 2.05) is 36.4 Å². The minimum absolute atomic E-state index is 0.328. The van der Waals surface area contributed by atoms with Crippen LogP contribution >= 0.6 is 0 Å². The summed E-state index contributed by atoms with van der Waals surface area (Å²) in [7, 11) is 1.70. The Morgan fingerprint density at radius 3 is 1.88 bits per heavy atom. The van der Waals surface area contributed by atoms with Gasteiger partial charge in [-0.2, -0.15) is 0 Å². The van der Waals surface area contributed by atoms with Gasteiger partial charge < -0.3 is 9.84 Å². The predicted molar refractivity (Wildman–Crippen MR) is 98.9 cm³/mol. The molecule has 0 aromatic heterocycles. The van der Waals surface area contributed by atoms with Crippen molar-refractivity contribution in [2.45, 2.75) is 6.42 Å². The summed E-state index contributed by atoms with van der Waals surface area (Å²) in [4.78, 5) is 0. The zero-order valence-electron chi connectivity index (χ0n) is 13.5. The second-order valence-electron chi connectivity index (χ2n) is 5.94. The van der Waals surface area contributed by atoms with Crippen LogP contribution < -0.4 is 4.74 Å². The van der Waals surface area contributed by atoms with Crippen molar-refractivity contribution in [2.75, 3.05) is 7.11 Å². The van der Waals surface area contributed by atoms with Crippen LogP contribution in [0.3, 0.4) is 0 Å². The number of ether oxygens (including phenoxy) is 1. The van der Waals surface area contributed by atoms with E-state index in [9.17, 15) is 5.11 Å². The van der Waals surface area contributed by atoms with Crippen LogP contribution in [0.5, 0.6) is 11.5 Å². The first-order valence-electron chi connectivity index (χ1n) is 8.02. The molecule has 0 saturated heterocycles. The Balaban J connectivity index is 1.88. The molecule has 0 amide bonds. The molecule has 0 heterocycles. The SMILES string of the molecule is COc1ccc(Cc2ccc(O)c3ccccc23)c2ccccc12. The number of phenolic OH excluding ortho intramolecular Hbond substituents is 1. The average Bonchev–Trinajstić information content (AvgIpc) is 2.64. The van der Waals surface area contributed by atoms with Gasteiger partial charge in [0, 0.05) is 10.8 Å². The summed E-state index contributed by atoms with van der Waals surface area (Å²) >= 11 is 0. The van der Waals surface area contributed by atoms with Crippen molar-refractivity contribution in [3.05, 3.63) is 83.9 Å². The Labute approximate surface area is 140 Å². The first-order valence-corrected chi connectivity index (χ1v) is 8.02. The Kier molecular flexibility index (Phi) is 3.58. The van der Waals surface area contributed by atoms with Gasteiger partial charge in [0.1, 0.15) is 11.5 Å². The van der Waals surface area contributed by atoms with Crippen LogP contribution in [0.25, 0.3) is 21.5 Å². The van der Waals surface area contributed by atoms with Gasteiger partial charge in [0.2, 0.25) is 0 Å². The van der Waals surface area contributed by atoms with E-state index in [1.165, 1.54) is 16.5 Å². The molecule has 0 bridgehead atoms. The molecule has 0 unspecified atom stereocenters. The number of phenols is 1. The molecule has 2 heteroatoms. The second kappa shape index (κ2) is 5.89. The van der Waals surface area contributed by atoms with Crippen LogP contribution in [0.1, 0.15) is 11.1 Å². The van der Waals surface area contributed by atoms with Crippen molar-refractivity contribution in [3.8, 4) is 11.5 Å². The van der Waals surface area contributed by atoms with Gasteiger partial charge in [-0.15, -0.1) is 0 Å². The maximum absolute atomic E-state index is 10.1. The number of hydrogen-bond donors (Lipinski definition) is 1. The number of benzene rings is 4. The van der Waals surface area contributed by atoms with Crippen molar-refractivity contribution >= 4 is 21.5 Å². The van der Waals surface area contributed by atoms with Crippen LogP contribution in [-0.2, 0) is 6.42 Å². The molecule has 4 aromatic rings. The molecule has 0 spiro atoms. The molecule has 0 saturated carbocycles. The van der Waals surface area contributed by atoms with E-state index in [1.54, 1.807) is 13.2 Å². The van der Waals surface area contributed by atoms with Gasteiger partial charge in [0.05, 0.1) is 7.11 Å². The molecule has 0 fully saturated rings. The molecular weight excluding hydrogens is 296 g/mol. The standard InChI is InChI=1S/C22H18O2/c1-24-22-13-11-16(18-7-3-5-9-20(18)22)14-15-10-12-21(23)19-8-4-2-6-17(15)19/h2-13,23H,14H2,1H3. The first-order chi connectivity index (χ1) is 11.8. The fraction of sp³-hybridized carbons (Fsp3) is 0.0909. The highest BCUT2D eigenvalue weighted by Crippen LogP contribution is 2.33. The van der Waals surface area contributed by atoms with Crippen LogP contribution in [-0.4, -0.2) is 12.2 Å². The molecule has 2 nitrogen and oxygen atoms in total. The molecule has 4 rings (SSSR count). The maximum Gasteiger partial charge on any atom is 0.126 e. The zero-order chi connectivity index (χ0) is 16.5. The number of fused-ring (bicyclic) bond motifs is 2. The van der Waals surface area contributed by atoms with Crippen LogP contribution in [0.4, 0.5) is 0 Å². The van der Waals surface area contributed by atoms with Crippen LogP contribution in [0, 0.1) is 0 Å². The van der Waals surface area contributed by atoms with E-state index in [4.69, 9.17) is 4.74 Å². The number of aromatic hydroxyl groups is 1. The first kappa shape index (κ1) is 14.6. The average molecular weight is 314 g/mol. The van der Waals surface area contributed by atoms with Gasteiger partial charge in [0.25, 0.3) is 0 Å². The Bertz CT molecular complexity index is 1030. The predicted octanol–water partition coefficient (Wildman–Crippen LogP) is 5.30. The smallest absolute Gasteiger partial charge is 0.126 e. The molecule has 24 heavy (non-hydrogen) atoms. The summed E-state index contributed by atoms with van der Waals surface area (Å²) in [6, 6.07) is 24.2. The van der Waals surface area contributed by atoms with E-state index in [2.05, 4.69) is 30.3 Å². The van der Waals surface area contributed by atoms with Crippen molar-refractivity contribution in [1.82, 2.24) is 0 Å². The third-order valence-corrected chi connectivity index (χ3v) is 4.57. The second-order valence-corrected chi connectivity index (χ2v) is 5.94. The summed E-state index contributed by atoms with van der Waals surface area (Å²) < 4.78 is 5.49. The molecule has 0 radical (unpaired) electrons. The Hall–Kier alpha value is -3.00. The van der Waals surface area contributed by atoms with Gasteiger partial charge >= 0.3 is 0 Å². The highest BCUT2D eigenvalue weighted by Gasteiger charge is 2.10. The van der Waals surface area contributed by atoms with Crippen molar-refractivity contribution < 1.29 is 9.84 Å². The van der Waals surface area contributed by atoms with Crippen molar-refractivity contribution in [3.63, 3.8) is 0 Å². The number of methoxy groups -OCH3 is 1. The number of hydrogen-bond acceptors (Lipinski definition) is 2. The van der Waals surface area contributed by atoms with Crippen LogP contribution in [0.2, 0.25) is 0 Å². The maximum atomic E-state index is 10.1. The van der Waals surface area contributed by atoms with E-state index in [0.717, 1.165) is 28.3 Å². The highest BCUT2D eigenvalue weighted by molar-refractivity contribution is 5.93. The minimum atomic E-state index is 0.328. The van der Waals surface area contributed by atoms with Crippen molar-refractivity contribution in [2.24, 2.45) is 0 Å². The van der Waals surface area contributed by atoms with Gasteiger partial charge in [-0.1, -0.05) is 60.7 Å². The molecule has 4 aromatic carbocycles. The normalized spacial score (nSPS) is 11.0. The van der Waals surface area contributed by atoms with E-state index in [0.29, 0.717) is 5.75 Å². The summed E-state index contributed by atoms with van der Waals surface area (Å²) in [5.74, 6) is 1.22. The summed E-state index contributed by atoms with van der Waals surface area (Å²) in [6.07, 6.45) is 0.811. The molecule has 0 aliphatic carbocycles. The summed E-state index contributed by atoms with van der Waals surface area (Å²) in [5.41, 5.74) is 2.46. The fourth-order valence-corrected chi connectivity index (χ4v) is 3.37. The van der Waals surface area contributed by atoms with Crippen molar-refractivity contribution in [1.29, 1.82) is 0 Å². The largest absolute Gasteiger partial charge is 0.507 e. The van der Waals surface area contributed by atoms with Gasteiger partial charge in [-0.25, -0.2) is 0 Å². The third kappa shape index (κ3) is 2.37. The molecule has 118 valence electrons. The summed E-state index contributed by atoms with van der Waals surface area (Å²) in [5, 5.41) is 14.4. The lowest BCUT2D eigenvalue weighted by atomic mass is 9.94.